The number of hydrogen-bond donors (Lipinski definition) is 0. The van der Waals surface area contributed by atoms with E-state index in [4.69, 9.17) is 0 Å². The molecule has 3 rings (SSSR count). The zero-order valence-corrected chi connectivity index (χ0v) is 14.6. The Morgan fingerprint density at radius 1 is 0.960 bits per heavy atom. The molecule has 1 aliphatic heterocycles. The molecule has 0 aromatic carbocycles. The van der Waals surface area contributed by atoms with Crippen LogP contribution in [0.15, 0.2) is 42.9 Å². The van der Waals surface area contributed by atoms with Crippen LogP contribution in [-0.4, -0.2) is 57.8 Å². The van der Waals surface area contributed by atoms with E-state index in [9.17, 15) is 9.59 Å². The van der Waals surface area contributed by atoms with E-state index < -0.39 is 0 Å². The first-order chi connectivity index (χ1) is 12.1. The Labute approximate surface area is 147 Å². The number of pyridine rings is 2. The van der Waals surface area contributed by atoms with E-state index in [0.29, 0.717) is 43.4 Å². The highest BCUT2D eigenvalue weighted by molar-refractivity contribution is 5.95. The van der Waals surface area contributed by atoms with Crippen LogP contribution in [0.25, 0.3) is 0 Å². The maximum Gasteiger partial charge on any atom is 0.272 e. The molecule has 25 heavy (non-hydrogen) atoms. The van der Waals surface area contributed by atoms with E-state index in [2.05, 4.69) is 23.8 Å². The Hall–Kier alpha value is -2.76. The minimum Gasteiger partial charge on any atom is -0.335 e. The van der Waals surface area contributed by atoms with Crippen molar-refractivity contribution in [3.05, 3.63) is 59.7 Å². The molecule has 0 radical (unpaired) electrons. The standard InChI is InChI=1S/C19H22N4O2/c1-14(2)15-5-6-17(21-13-15)19(25)23-10-8-22(9-11-23)18(24)16-4-3-7-20-12-16/h3-7,12-14H,8-11H2,1-2H3. The second-order valence-corrected chi connectivity index (χ2v) is 6.46. The van der Waals surface area contributed by atoms with Crippen molar-refractivity contribution in [2.75, 3.05) is 26.2 Å². The quantitative estimate of drug-likeness (QED) is 0.860. The minimum atomic E-state index is -0.0798. The predicted molar refractivity (Wildman–Crippen MR) is 94.4 cm³/mol. The van der Waals surface area contributed by atoms with Crippen molar-refractivity contribution < 1.29 is 9.59 Å². The fraction of sp³-hybridized carbons (Fsp3) is 0.368. The van der Waals surface area contributed by atoms with E-state index >= 15 is 0 Å². The van der Waals surface area contributed by atoms with Gasteiger partial charge >= 0.3 is 0 Å². The monoisotopic (exact) mass is 338 g/mol. The van der Waals surface area contributed by atoms with Gasteiger partial charge in [0.1, 0.15) is 5.69 Å². The van der Waals surface area contributed by atoms with Gasteiger partial charge in [-0.3, -0.25) is 19.6 Å². The molecule has 1 saturated heterocycles. The molecule has 0 aliphatic carbocycles. The van der Waals surface area contributed by atoms with Crippen LogP contribution in [0.4, 0.5) is 0 Å². The molecule has 0 spiro atoms. The van der Waals surface area contributed by atoms with Crippen molar-refractivity contribution in [1.29, 1.82) is 0 Å². The zero-order chi connectivity index (χ0) is 17.8. The fourth-order valence-electron chi connectivity index (χ4n) is 2.82. The van der Waals surface area contributed by atoms with Crippen molar-refractivity contribution in [2.45, 2.75) is 19.8 Å². The lowest BCUT2D eigenvalue weighted by atomic mass is 10.1. The van der Waals surface area contributed by atoms with E-state index in [-0.39, 0.29) is 11.8 Å². The lowest BCUT2D eigenvalue weighted by Crippen LogP contribution is -2.50. The van der Waals surface area contributed by atoms with E-state index in [1.165, 1.54) is 0 Å². The summed E-state index contributed by atoms with van der Waals surface area (Å²) in [5.74, 6) is 0.266. The maximum absolute atomic E-state index is 12.6. The number of aromatic nitrogens is 2. The molecule has 2 aromatic rings. The fourth-order valence-corrected chi connectivity index (χ4v) is 2.82. The molecular formula is C19H22N4O2. The molecule has 1 aliphatic rings. The molecule has 0 N–H and O–H groups in total. The number of nitrogens with zero attached hydrogens (tertiary/aromatic N) is 4. The number of rotatable bonds is 3. The van der Waals surface area contributed by atoms with Gasteiger partial charge in [-0.15, -0.1) is 0 Å². The van der Waals surface area contributed by atoms with Crippen LogP contribution in [0, 0.1) is 0 Å². The molecule has 0 atom stereocenters. The van der Waals surface area contributed by atoms with Crippen molar-refractivity contribution >= 4 is 11.8 Å². The number of carbonyl (C=O) groups is 2. The van der Waals surface area contributed by atoms with Crippen LogP contribution >= 0.6 is 0 Å². The highest BCUT2D eigenvalue weighted by Crippen LogP contribution is 2.15. The number of amides is 2. The molecule has 6 heteroatoms. The summed E-state index contributed by atoms with van der Waals surface area (Å²) in [6.07, 6.45) is 4.98. The zero-order valence-electron chi connectivity index (χ0n) is 14.6. The van der Waals surface area contributed by atoms with Crippen molar-refractivity contribution in [1.82, 2.24) is 19.8 Å². The van der Waals surface area contributed by atoms with Crippen LogP contribution in [0.3, 0.4) is 0 Å². The van der Waals surface area contributed by atoms with Gasteiger partial charge in [0.25, 0.3) is 11.8 Å². The van der Waals surface area contributed by atoms with Crippen molar-refractivity contribution in [3.8, 4) is 0 Å². The Bertz CT molecular complexity index is 736. The van der Waals surface area contributed by atoms with Gasteiger partial charge in [-0.25, -0.2) is 0 Å². The van der Waals surface area contributed by atoms with E-state index in [1.807, 2.05) is 6.07 Å². The topological polar surface area (TPSA) is 66.4 Å². The van der Waals surface area contributed by atoms with Crippen LogP contribution in [0.5, 0.6) is 0 Å². The van der Waals surface area contributed by atoms with Gasteiger partial charge in [-0.05, 0) is 29.7 Å². The third kappa shape index (κ3) is 3.84. The second-order valence-electron chi connectivity index (χ2n) is 6.46. The van der Waals surface area contributed by atoms with E-state index in [0.717, 1.165) is 5.56 Å². The average molecular weight is 338 g/mol. The largest absolute Gasteiger partial charge is 0.335 e. The molecule has 0 unspecified atom stereocenters. The van der Waals surface area contributed by atoms with Gasteiger partial charge < -0.3 is 9.80 Å². The molecule has 2 aromatic heterocycles. The first-order valence-corrected chi connectivity index (χ1v) is 8.51. The highest BCUT2D eigenvalue weighted by Gasteiger charge is 2.26. The summed E-state index contributed by atoms with van der Waals surface area (Å²) in [6.45, 7) is 6.25. The normalized spacial score (nSPS) is 14.7. The second kappa shape index (κ2) is 7.42. The number of carbonyl (C=O) groups excluding carboxylic acids is 2. The first-order valence-electron chi connectivity index (χ1n) is 8.51. The number of piperazine rings is 1. The van der Waals surface area contributed by atoms with Crippen LogP contribution < -0.4 is 0 Å². The van der Waals surface area contributed by atoms with Gasteiger partial charge in [-0.1, -0.05) is 19.9 Å². The molecule has 2 amide bonds. The SMILES string of the molecule is CC(C)c1ccc(C(=O)N2CCN(C(=O)c3cccnc3)CC2)nc1. The molecule has 1 fully saturated rings. The molecule has 0 bridgehead atoms. The molecular weight excluding hydrogens is 316 g/mol. The summed E-state index contributed by atoms with van der Waals surface area (Å²) >= 11 is 0. The Morgan fingerprint density at radius 3 is 2.16 bits per heavy atom. The van der Waals surface area contributed by atoms with Gasteiger partial charge in [0.15, 0.2) is 0 Å². The summed E-state index contributed by atoms with van der Waals surface area (Å²) in [5, 5.41) is 0. The lowest BCUT2D eigenvalue weighted by Gasteiger charge is -2.34. The van der Waals surface area contributed by atoms with Crippen LogP contribution in [0.2, 0.25) is 0 Å². The Morgan fingerprint density at radius 2 is 1.64 bits per heavy atom. The Kier molecular flexibility index (Phi) is 5.07. The minimum absolute atomic E-state index is 0.0420. The molecule has 130 valence electrons. The third-order valence-corrected chi connectivity index (χ3v) is 4.43. The van der Waals surface area contributed by atoms with Gasteiger partial charge in [0.05, 0.1) is 5.56 Å². The summed E-state index contributed by atoms with van der Waals surface area (Å²) in [5.41, 5.74) is 2.15. The molecule has 3 heterocycles. The van der Waals surface area contributed by atoms with Gasteiger partial charge in [0, 0.05) is 44.8 Å². The van der Waals surface area contributed by atoms with Gasteiger partial charge in [-0.2, -0.15) is 0 Å². The van der Waals surface area contributed by atoms with Crippen LogP contribution in [0.1, 0.15) is 46.2 Å². The van der Waals surface area contributed by atoms with Crippen LogP contribution in [-0.2, 0) is 0 Å². The molecule has 0 saturated carbocycles. The van der Waals surface area contributed by atoms with Crippen molar-refractivity contribution in [3.63, 3.8) is 0 Å². The predicted octanol–water partition coefficient (Wildman–Crippen LogP) is 2.20. The lowest BCUT2D eigenvalue weighted by molar-refractivity contribution is 0.0532. The number of hydrogen-bond acceptors (Lipinski definition) is 4. The van der Waals surface area contributed by atoms with Gasteiger partial charge in [0.2, 0.25) is 0 Å². The highest BCUT2D eigenvalue weighted by atomic mass is 16.2. The molecule has 6 nitrogen and oxygen atoms in total. The first kappa shape index (κ1) is 17.1. The Balaban J connectivity index is 1.60. The summed E-state index contributed by atoms with van der Waals surface area (Å²) in [6, 6.07) is 7.24. The smallest absolute Gasteiger partial charge is 0.272 e. The third-order valence-electron chi connectivity index (χ3n) is 4.43. The summed E-state index contributed by atoms with van der Waals surface area (Å²) in [7, 11) is 0. The average Bonchev–Trinajstić information content (AvgIpc) is 2.67. The summed E-state index contributed by atoms with van der Waals surface area (Å²) in [4.78, 5) is 36.8. The van der Waals surface area contributed by atoms with E-state index in [1.54, 1.807) is 46.6 Å². The van der Waals surface area contributed by atoms with Crippen molar-refractivity contribution in [2.24, 2.45) is 0 Å². The maximum atomic E-state index is 12.6. The summed E-state index contributed by atoms with van der Waals surface area (Å²) < 4.78 is 0.